The van der Waals surface area contributed by atoms with E-state index >= 15 is 0 Å². The molecule has 1 aromatic carbocycles. The zero-order valence-corrected chi connectivity index (χ0v) is 11.5. The van der Waals surface area contributed by atoms with E-state index in [4.69, 9.17) is 10.00 Å². The zero-order valence-electron chi connectivity index (χ0n) is 9.94. The number of aryl methyl sites for hydroxylation is 1. The van der Waals surface area contributed by atoms with Crippen molar-refractivity contribution in [1.29, 1.82) is 5.26 Å². The fourth-order valence-electron chi connectivity index (χ4n) is 1.64. The summed E-state index contributed by atoms with van der Waals surface area (Å²) in [4.78, 5) is 8.37. The zero-order chi connectivity index (χ0) is 13.1. The minimum absolute atomic E-state index is 0.347. The molecule has 0 saturated carbocycles. The Kier molecular flexibility index (Phi) is 3.58. The van der Waals surface area contributed by atoms with Gasteiger partial charge in [0.15, 0.2) is 0 Å². The first-order chi connectivity index (χ1) is 8.63. The summed E-state index contributed by atoms with van der Waals surface area (Å²) in [5.74, 6) is 1.27. The molecule has 2 aromatic rings. The minimum Gasteiger partial charge on any atom is -0.496 e. The van der Waals surface area contributed by atoms with Gasteiger partial charge in [-0.3, -0.25) is 0 Å². The second-order valence-corrected chi connectivity index (χ2v) is 4.56. The third kappa shape index (κ3) is 2.49. The number of nitriles is 1. The number of hydrogen-bond donors (Lipinski definition) is 0. The van der Waals surface area contributed by atoms with E-state index in [1.165, 1.54) is 0 Å². The first kappa shape index (κ1) is 12.5. The number of ether oxygens (including phenoxy) is 1. The molecule has 2 rings (SSSR count). The number of aromatic nitrogens is 2. The summed E-state index contributed by atoms with van der Waals surface area (Å²) < 4.78 is 6.23. The predicted octanol–water partition coefficient (Wildman–Crippen LogP) is 3.09. The molecule has 4 nitrogen and oxygen atoms in total. The lowest BCUT2D eigenvalue weighted by atomic mass is 10.1. The van der Waals surface area contributed by atoms with Gasteiger partial charge in [0, 0.05) is 16.1 Å². The molecule has 5 heteroatoms. The van der Waals surface area contributed by atoms with Crippen LogP contribution in [0.1, 0.15) is 11.5 Å². The Morgan fingerprint density at radius 2 is 2.06 bits per heavy atom. The van der Waals surface area contributed by atoms with Crippen molar-refractivity contribution in [3.63, 3.8) is 0 Å². The van der Waals surface area contributed by atoms with Gasteiger partial charge in [-0.1, -0.05) is 15.9 Å². The molecule has 0 atom stereocenters. The number of methoxy groups -OCH3 is 1. The third-order valence-corrected chi connectivity index (χ3v) is 2.88. The molecular formula is C13H10BrN3O. The van der Waals surface area contributed by atoms with Crippen molar-refractivity contribution >= 4 is 15.9 Å². The van der Waals surface area contributed by atoms with E-state index in [1.807, 2.05) is 24.3 Å². The van der Waals surface area contributed by atoms with Gasteiger partial charge in [-0.25, -0.2) is 9.97 Å². The SMILES string of the molecule is COc1ccc(Br)cc1-c1cc(C#N)nc(C)n1. The standard InChI is InChI=1S/C13H10BrN3O/c1-8-16-10(7-15)6-12(17-8)11-5-9(14)3-4-13(11)18-2/h3-6H,1-2H3. The molecule has 0 bridgehead atoms. The highest BCUT2D eigenvalue weighted by molar-refractivity contribution is 9.10. The first-order valence-electron chi connectivity index (χ1n) is 5.23. The average Bonchev–Trinajstić information content (AvgIpc) is 2.38. The smallest absolute Gasteiger partial charge is 0.144 e. The number of nitrogens with zero attached hydrogens (tertiary/aromatic N) is 3. The molecule has 0 aliphatic carbocycles. The van der Waals surface area contributed by atoms with Crippen molar-refractivity contribution in [2.24, 2.45) is 0 Å². The van der Waals surface area contributed by atoms with Crippen molar-refractivity contribution in [3.8, 4) is 23.1 Å². The highest BCUT2D eigenvalue weighted by Gasteiger charge is 2.10. The topological polar surface area (TPSA) is 58.8 Å². The minimum atomic E-state index is 0.347. The number of halogens is 1. The van der Waals surface area contributed by atoms with Crippen LogP contribution < -0.4 is 4.74 Å². The van der Waals surface area contributed by atoms with Crippen LogP contribution in [0.25, 0.3) is 11.3 Å². The summed E-state index contributed by atoms with van der Waals surface area (Å²) in [6, 6.07) is 9.32. The van der Waals surface area contributed by atoms with Crippen LogP contribution in [0, 0.1) is 18.3 Å². The fourth-order valence-corrected chi connectivity index (χ4v) is 2.00. The molecule has 0 N–H and O–H groups in total. The number of benzene rings is 1. The summed E-state index contributed by atoms with van der Waals surface area (Å²) in [6.07, 6.45) is 0. The van der Waals surface area contributed by atoms with E-state index in [0.717, 1.165) is 10.0 Å². The lowest BCUT2D eigenvalue weighted by molar-refractivity contribution is 0.416. The molecule has 0 saturated heterocycles. The molecule has 18 heavy (non-hydrogen) atoms. The van der Waals surface area contributed by atoms with E-state index in [0.29, 0.717) is 23.0 Å². The van der Waals surface area contributed by atoms with Crippen LogP contribution in [-0.2, 0) is 0 Å². The van der Waals surface area contributed by atoms with Crippen LogP contribution in [0.4, 0.5) is 0 Å². The molecule has 0 aliphatic heterocycles. The van der Waals surface area contributed by atoms with Crippen molar-refractivity contribution < 1.29 is 4.74 Å². The quantitative estimate of drug-likeness (QED) is 0.855. The van der Waals surface area contributed by atoms with Crippen LogP contribution in [0.5, 0.6) is 5.75 Å². The Hall–Kier alpha value is -1.93. The van der Waals surface area contributed by atoms with Crippen molar-refractivity contribution in [1.82, 2.24) is 9.97 Å². The predicted molar refractivity (Wildman–Crippen MR) is 71.2 cm³/mol. The van der Waals surface area contributed by atoms with Crippen molar-refractivity contribution in [2.45, 2.75) is 6.92 Å². The van der Waals surface area contributed by atoms with Gasteiger partial charge in [0.25, 0.3) is 0 Å². The maximum Gasteiger partial charge on any atom is 0.144 e. The van der Waals surface area contributed by atoms with Crippen LogP contribution >= 0.6 is 15.9 Å². The maximum absolute atomic E-state index is 8.93. The van der Waals surface area contributed by atoms with Gasteiger partial charge in [-0.15, -0.1) is 0 Å². The van der Waals surface area contributed by atoms with E-state index in [9.17, 15) is 0 Å². The monoisotopic (exact) mass is 303 g/mol. The lowest BCUT2D eigenvalue weighted by Crippen LogP contribution is -1.96. The highest BCUT2D eigenvalue weighted by atomic mass is 79.9. The Labute approximate surface area is 113 Å². The highest BCUT2D eigenvalue weighted by Crippen LogP contribution is 2.31. The van der Waals surface area contributed by atoms with Crippen molar-refractivity contribution in [3.05, 3.63) is 40.3 Å². The van der Waals surface area contributed by atoms with Crippen LogP contribution in [0.2, 0.25) is 0 Å². The lowest BCUT2D eigenvalue weighted by Gasteiger charge is -2.09. The fraction of sp³-hybridized carbons (Fsp3) is 0.154. The molecule has 0 spiro atoms. The summed E-state index contributed by atoms with van der Waals surface area (Å²) in [7, 11) is 1.60. The molecule has 0 fully saturated rings. The average molecular weight is 304 g/mol. The normalized spacial score (nSPS) is 9.89. The summed E-state index contributed by atoms with van der Waals surface area (Å²) in [5.41, 5.74) is 1.85. The second kappa shape index (κ2) is 5.15. The van der Waals surface area contributed by atoms with Gasteiger partial charge in [0.2, 0.25) is 0 Å². The Morgan fingerprint density at radius 3 is 2.72 bits per heavy atom. The van der Waals surface area contributed by atoms with E-state index in [2.05, 4.69) is 25.9 Å². The summed E-state index contributed by atoms with van der Waals surface area (Å²) in [6.45, 7) is 1.76. The maximum atomic E-state index is 8.93. The molecule has 0 radical (unpaired) electrons. The first-order valence-corrected chi connectivity index (χ1v) is 6.03. The number of rotatable bonds is 2. The molecule has 90 valence electrons. The van der Waals surface area contributed by atoms with Gasteiger partial charge in [0.05, 0.1) is 12.8 Å². The van der Waals surface area contributed by atoms with Crippen molar-refractivity contribution in [2.75, 3.05) is 7.11 Å². The van der Waals surface area contributed by atoms with Crippen LogP contribution in [0.15, 0.2) is 28.7 Å². The Morgan fingerprint density at radius 1 is 1.28 bits per heavy atom. The van der Waals surface area contributed by atoms with Gasteiger partial charge < -0.3 is 4.74 Å². The molecule has 1 aromatic heterocycles. The van der Waals surface area contributed by atoms with Gasteiger partial charge in [-0.05, 0) is 25.1 Å². The van der Waals surface area contributed by atoms with E-state index in [1.54, 1.807) is 20.1 Å². The second-order valence-electron chi connectivity index (χ2n) is 3.64. The molecule has 0 amide bonds. The van der Waals surface area contributed by atoms with Crippen LogP contribution in [0.3, 0.4) is 0 Å². The van der Waals surface area contributed by atoms with E-state index < -0.39 is 0 Å². The third-order valence-electron chi connectivity index (χ3n) is 2.39. The largest absolute Gasteiger partial charge is 0.496 e. The van der Waals surface area contributed by atoms with Gasteiger partial charge in [-0.2, -0.15) is 5.26 Å². The molecule has 0 aliphatic rings. The van der Waals surface area contributed by atoms with Gasteiger partial charge in [0.1, 0.15) is 23.3 Å². The number of hydrogen-bond acceptors (Lipinski definition) is 4. The Bertz CT molecular complexity index is 635. The van der Waals surface area contributed by atoms with Gasteiger partial charge >= 0.3 is 0 Å². The molecule has 0 unspecified atom stereocenters. The molecule has 1 heterocycles. The van der Waals surface area contributed by atoms with E-state index in [-0.39, 0.29) is 0 Å². The van der Waals surface area contributed by atoms with Crippen LogP contribution in [-0.4, -0.2) is 17.1 Å². The summed E-state index contributed by atoms with van der Waals surface area (Å²) in [5, 5.41) is 8.93. The Balaban J connectivity index is 2.65. The summed E-state index contributed by atoms with van der Waals surface area (Å²) >= 11 is 3.41. The molecular weight excluding hydrogens is 294 g/mol.